The number of carbonyl (C=O) groups excluding carboxylic acids is 1. The highest BCUT2D eigenvalue weighted by Gasteiger charge is 2.20. The maximum atomic E-state index is 11.7. The third-order valence-electron chi connectivity index (χ3n) is 2.22. The summed E-state index contributed by atoms with van der Waals surface area (Å²) in [6, 6.07) is 0. The Balaban J connectivity index is 4.36. The molecule has 0 rings (SSSR count). The zero-order valence-electron chi connectivity index (χ0n) is 10.1. The summed E-state index contributed by atoms with van der Waals surface area (Å²) in [5, 5.41) is 17.6. The standard InChI is InChI=1S/C11H21NO4/c1-8(2)6-10(14)12(4-5-13)7-9(3)11(15)16/h8-9,13H,4-7H2,1-3H3,(H,15,16). The second kappa shape index (κ2) is 7.22. The van der Waals surface area contributed by atoms with Gasteiger partial charge in [0.1, 0.15) is 0 Å². The number of rotatable bonds is 7. The van der Waals surface area contributed by atoms with Gasteiger partial charge in [-0.05, 0) is 5.92 Å². The van der Waals surface area contributed by atoms with E-state index in [1.54, 1.807) is 6.92 Å². The first-order chi connectivity index (χ1) is 7.38. The number of aliphatic hydroxyl groups is 1. The minimum absolute atomic E-state index is 0.0999. The van der Waals surface area contributed by atoms with Crippen molar-refractivity contribution in [2.75, 3.05) is 19.7 Å². The maximum Gasteiger partial charge on any atom is 0.308 e. The fraction of sp³-hybridized carbons (Fsp3) is 0.818. The van der Waals surface area contributed by atoms with Crippen LogP contribution in [0.1, 0.15) is 27.2 Å². The van der Waals surface area contributed by atoms with Crippen LogP contribution in [0.15, 0.2) is 0 Å². The zero-order valence-corrected chi connectivity index (χ0v) is 10.1. The van der Waals surface area contributed by atoms with E-state index in [1.807, 2.05) is 13.8 Å². The van der Waals surface area contributed by atoms with E-state index in [0.29, 0.717) is 6.42 Å². The first-order valence-corrected chi connectivity index (χ1v) is 5.49. The van der Waals surface area contributed by atoms with Gasteiger partial charge in [0.25, 0.3) is 0 Å². The summed E-state index contributed by atoms with van der Waals surface area (Å²) in [6.45, 7) is 5.61. The molecule has 0 radical (unpaired) electrons. The molecule has 0 heterocycles. The fourth-order valence-corrected chi connectivity index (χ4v) is 1.33. The quantitative estimate of drug-likeness (QED) is 0.671. The Kier molecular flexibility index (Phi) is 6.72. The van der Waals surface area contributed by atoms with E-state index in [4.69, 9.17) is 10.2 Å². The van der Waals surface area contributed by atoms with Gasteiger partial charge in [0, 0.05) is 19.5 Å². The van der Waals surface area contributed by atoms with Crippen LogP contribution in [0.25, 0.3) is 0 Å². The fourth-order valence-electron chi connectivity index (χ4n) is 1.33. The van der Waals surface area contributed by atoms with Crippen LogP contribution in [0.5, 0.6) is 0 Å². The lowest BCUT2D eigenvalue weighted by Crippen LogP contribution is -2.39. The lowest BCUT2D eigenvalue weighted by atomic mass is 10.1. The Morgan fingerprint density at radius 3 is 2.19 bits per heavy atom. The van der Waals surface area contributed by atoms with Gasteiger partial charge in [-0.3, -0.25) is 9.59 Å². The van der Waals surface area contributed by atoms with E-state index < -0.39 is 11.9 Å². The van der Waals surface area contributed by atoms with E-state index >= 15 is 0 Å². The van der Waals surface area contributed by atoms with E-state index in [0.717, 1.165) is 0 Å². The van der Waals surface area contributed by atoms with Gasteiger partial charge in [0.15, 0.2) is 0 Å². The maximum absolute atomic E-state index is 11.7. The topological polar surface area (TPSA) is 77.8 Å². The lowest BCUT2D eigenvalue weighted by Gasteiger charge is -2.24. The van der Waals surface area contributed by atoms with Gasteiger partial charge in [0.2, 0.25) is 5.91 Å². The van der Waals surface area contributed by atoms with Gasteiger partial charge in [-0.2, -0.15) is 0 Å². The van der Waals surface area contributed by atoms with Crippen molar-refractivity contribution in [1.29, 1.82) is 0 Å². The molecule has 16 heavy (non-hydrogen) atoms. The molecule has 0 aliphatic carbocycles. The first-order valence-electron chi connectivity index (χ1n) is 5.49. The van der Waals surface area contributed by atoms with Crippen LogP contribution >= 0.6 is 0 Å². The summed E-state index contributed by atoms with van der Waals surface area (Å²) in [5.74, 6) is -1.41. The van der Waals surface area contributed by atoms with Crippen molar-refractivity contribution < 1.29 is 19.8 Å². The van der Waals surface area contributed by atoms with Gasteiger partial charge in [0.05, 0.1) is 12.5 Å². The summed E-state index contributed by atoms with van der Waals surface area (Å²) in [4.78, 5) is 23.8. The molecule has 0 aromatic heterocycles. The highest BCUT2D eigenvalue weighted by atomic mass is 16.4. The Morgan fingerprint density at radius 2 is 1.81 bits per heavy atom. The van der Waals surface area contributed by atoms with E-state index in [-0.39, 0.29) is 31.5 Å². The number of amides is 1. The molecule has 0 aromatic rings. The van der Waals surface area contributed by atoms with Crippen LogP contribution in [0, 0.1) is 11.8 Å². The second-order valence-corrected chi connectivity index (χ2v) is 4.40. The van der Waals surface area contributed by atoms with E-state index in [1.165, 1.54) is 4.90 Å². The molecule has 0 bridgehead atoms. The van der Waals surface area contributed by atoms with Crippen LogP contribution in [-0.2, 0) is 9.59 Å². The smallest absolute Gasteiger partial charge is 0.308 e. The third-order valence-corrected chi connectivity index (χ3v) is 2.22. The summed E-state index contributed by atoms with van der Waals surface area (Å²) in [7, 11) is 0. The second-order valence-electron chi connectivity index (χ2n) is 4.40. The molecule has 5 nitrogen and oxygen atoms in total. The Labute approximate surface area is 96.1 Å². The predicted octanol–water partition coefficient (Wildman–Crippen LogP) is 0.574. The van der Waals surface area contributed by atoms with Crippen LogP contribution in [0.3, 0.4) is 0 Å². The monoisotopic (exact) mass is 231 g/mol. The molecule has 0 aromatic carbocycles. The largest absolute Gasteiger partial charge is 0.481 e. The SMILES string of the molecule is CC(C)CC(=O)N(CCO)CC(C)C(=O)O. The minimum atomic E-state index is -0.930. The van der Waals surface area contributed by atoms with Gasteiger partial charge >= 0.3 is 5.97 Å². The van der Waals surface area contributed by atoms with Crippen molar-refractivity contribution in [3.63, 3.8) is 0 Å². The average Bonchev–Trinajstić information content (AvgIpc) is 2.15. The van der Waals surface area contributed by atoms with Gasteiger partial charge in [-0.1, -0.05) is 20.8 Å². The molecule has 1 atom stereocenters. The van der Waals surface area contributed by atoms with Crippen LogP contribution in [-0.4, -0.2) is 46.7 Å². The number of hydrogen-bond donors (Lipinski definition) is 2. The van der Waals surface area contributed by atoms with Crippen molar-refractivity contribution in [3.8, 4) is 0 Å². The van der Waals surface area contributed by atoms with Gasteiger partial charge < -0.3 is 15.1 Å². The lowest BCUT2D eigenvalue weighted by molar-refractivity contribution is -0.143. The number of carbonyl (C=O) groups is 2. The van der Waals surface area contributed by atoms with Crippen molar-refractivity contribution in [2.24, 2.45) is 11.8 Å². The molecular formula is C11H21NO4. The third kappa shape index (κ3) is 5.70. The molecule has 2 N–H and O–H groups in total. The molecule has 1 amide bonds. The highest BCUT2D eigenvalue weighted by Crippen LogP contribution is 2.07. The highest BCUT2D eigenvalue weighted by molar-refractivity contribution is 5.77. The molecular weight excluding hydrogens is 210 g/mol. The molecule has 94 valence electrons. The van der Waals surface area contributed by atoms with Crippen molar-refractivity contribution in [3.05, 3.63) is 0 Å². The number of hydrogen-bond acceptors (Lipinski definition) is 3. The van der Waals surface area contributed by atoms with Gasteiger partial charge in [-0.25, -0.2) is 0 Å². The molecule has 1 unspecified atom stereocenters. The Morgan fingerprint density at radius 1 is 1.25 bits per heavy atom. The molecule has 0 spiro atoms. The molecule has 5 heteroatoms. The average molecular weight is 231 g/mol. The molecule has 0 fully saturated rings. The van der Waals surface area contributed by atoms with E-state index in [2.05, 4.69) is 0 Å². The summed E-state index contributed by atoms with van der Waals surface area (Å²) in [5.41, 5.74) is 0. The number of carboxylic acids is 1. The summed E-state index contributed by atoms with van der Waals surface area (Å²) in [6.07, 6.45) is 0.381. The molecule has 0 aliphatic rings. The normalized spacial score (nSPS) is 12.6. The summed E-state index contributed by atoms with van der Waals surface area (Å²) >= 11 is 0. The number of aliphatic carboxylic acids is 1. The zero-order chi connectivity index (χ0) is 12.7. The molecule has 0 aliphatic heterocycles. The number of nitrogens with zero attached hydrogens (tertiary/aromatic N) is 1. The first kappa shape index (κ1) is 14.9. The number of aliphatic hydroxyl groups excluding tert-OH is 1. The Bertz CT molecular complexity index is 240. The van der Waals surface area contributed by atoms with Crippen molar-refractivity contribution >= 4 is 11.9 Å². The molecule has 0 saturated carbocycles. The van der Waals surface area contributed by atoms with Crippen molar-refractivity contribution in [1.82, 2.24) is 4.90 Å². The van der Waals surface area contributed by atoms with Crippen LogP contribution in [0.2, 0.25) is 0 Å². The molecule has 0 saturated heterocycles. The van der Waals surface area contributed by atoms with E-state index in [9.17, 15) is 9.59 Å². The van der Waals surface area contributed by atoms with Gasteiger partial charge in [-0.15, -0.1) is 0 Å². The van der Waals surface area contributed by atoms with Crippen LogP contribution in [0.4, 0.5) is 0 Å². The predicted molar refractivity (Wildman–Crippen MR) is 59.9 cm³/mol. The summed E-state index contributed by atoms with van der Waals surface area (Å²) < 4.78 is 0. The minimum Gasteiger partial charge on any atom is -0.481 e. The number of carboxylic acid groups (broad SMARTS) is 1. The van der Waals surface area contributed by atoms with Crippen molar-refractivity contribution in [2.45, 2.75) is 27.2 Å². The Hall–Kier alpha value is -1.10. The van der Waals surface area contributed by atoms with Crippen LogP contribution < -0.4 is 0 Å².